The zero-order valence-electron chi connectivity index (χ0n) is 9.47. The molecule has 1 rings (SSSR count). The lowest BCUT2D eigenvalue weighted by atomic mass is 10.4. The van der Waals surface area contributed by atoms with E-state index < -0.39 is 19.3 Å². The van der Waals surface area contributed by atoms with Gasteiger partial charge in [-0.15, -0.1) is 0 Å². The molecule has 0 amide bonds. The molecule has 1 unspecified atom stereocenters. The summed E-state index contributed by atoms with van der Waals surface area (Å²) < 4.78 is 16.8. The second-order valence-corrected chi connectivity index (χ2v) is 8.98. The Bertz CT molecular complexity index is 269. The van der Waals surface area contributed by atoms with Crippen LogP contribution in [0.25, 0.3) is 0 Å². The van der Waals surface area contributed by atoms with Gasteiger partial charge < -0.3 is 12.7 Å². The number of benzene rings is 1. The maximum absolute atomic E-state index is 5.83. The van der Waals surface area contributed by atoms with Crippen molar-refractivity contribution in [2.75, 3.05) is 0 Å². The van der Waals surface area contributed by atoms with E-state index in [1.807, 2.05) is 32.0 Å². The number of hydrogen-bond donors (Lipinski definition) is 0. The maximum Gasteiger partial charge on any atom is 0.346 e. The van der Waals surface area contributed by atoms with Gasteiger partial charge in [0.1, 0.15) is 10.5 Å². The smallest absolute Gasteiger partial charge is 0.346 e. The van der Waals surface area contributed by atoms with Crippen LogP contribution in [0.4, 0.5) is 0 Å². The molecule has 3 nitrogen and oxygen atoms in total. The van der Waals surface area contributed by atoms with Crippen LogP contribution < -0.4 is 5.19 Å². The number of hydrogen-bond acceptors (Lipinski definition) is 3. The summed E-state index contributed by atoms with van der Waals surface area (Å²) in [7, 11) is -1.76. The molecule has 0 spiro atoms. The van der Waals surface area contributed by atoms with Crippen LogP contribution in [0.3, 0.4) is 0 Å². The van der Waals surface area contributed by atoms with Crippen LogP contribution in [0, 0.1) is 0 Å². The summed E-state index contributed by atoms with van der Waals surface area (Å²) in [6.07, 6.45) is 0.213. The van der Waals surface area contributed by atoms with Gasteiger partial charge in [0, 0.05) is 6.10 Å². The van der Waals surface area contributed by atoms with E-state index in [1.165, 1.54) is 5.19 Å². The fourth-order valence-corrected chi connectivity index (χ4v) is 5.74. The molecule has 1 atom stereocenters. The fourth-order valence-electron chi connectivity index (χ4n) is 1.20. The molecule has 0 heterocycles. The highest BCUT2D eigenvalue weighted by atomic mass is 28.4. The first-order valence-electron chi connectivity index (χ1n) is 5.05. The van der Waals surface area contributed by atoms with Crippen molar-refractivity contribution in [2.24, 2.45) is 0 Å². The lowest BCUT2D eigenvalue weighted by Gasteiger charge is -2.19. The van der Waals surface area contributed by atoms with Crippen LogP contribution in [-0.4, -0.2) is 35.9 Å². The molecule has 0 aliphatic carbocycles. The third-order valence-corrected chi connectivity index (χ3v) is 6.22. The monoisotopic (exact) mass is 258 g/mol. The molecule has 0 saturated carbocycles. The van der Waals surface area contributed by atoms with Crippen LogP contribution in [-0.2, 0) is 12.7 Å². The molecule has 0 saturated heterocycles. The summed E-state index contributed by atoms with van der Waals surface area (Å²) in [5, 5.41) is 1.19. The summed E-state index contributed by atoms with van der Waals surface area (Å²) in [4.78, 5) is 0. The lowest BCUT2D eigenvalue weighted by Crippen LogP contribution is -2.40. The molecule has 15 heavy (non-hydrogen) atoms. The molecule has 0 radical (unpaired) electrons. The maximum atomic E-state index is 5.83. The lowest BCUT2D eigenvalue weighted by molar-refractivity contribution is 0.209. The van der Waals surface area contributed by atoms with Crippen molar-refractivity contribution in [1.29, 1.82) is 0 Å². The molecule has 1 aromatic carbocycles. The minimum absolute atomic E-state index is 0.213. The van der Waals surface area contributed by atoms with Gasteiger partial charge in [0.25, 0.3) is 10.0 Å². The van der Waals surface area contributed by atoms with Crippen LogP contribution >= 0.6 is 0 Å². The van der Waals surface area contributed by atoms with Crippen molar-refractivity contribution in [1.82, 2.24) is 0 Å². The molecular weight excluding hydrogens is 240 g/mol. The van der Waals surface area contributed by atoms with Crippen LogP contribution in [0.5, 0.6) is 0 Å². The van der Waals surface area contributed by atoms with E-state index in [1.54, 1.807) is 0 Å². The molecule has 0 N–H and O–H groups in total. The zero-order chi connectivity index (χ0) is 11.1. The van der Waals surface area contributed by atoms with Gasteiger partial charge in [-0.1, -0.05) is 30.3 Å². The first-order valence-corrected chi connectivity index (χ1v) is 8.54. The highest BCUT2D eigenvalue weighted by Crippen LogP contribution is 1.97. The first kappa shape index (κ1) is 12.8. The van der Waals surface area contributed by atoms with Gasteiger partial charge >= 0.3 is 9.28 Å². The predicted octanol–water partition coefficient (Wildman–Crippen LogP) is -1.15. The molecule has 0 fully saturated rings. The highest BCUT2D eigenvalue weighted by molar-refractivity contribution is 6.65. The van der Waals surface area contributed by atoms with Gasteiger partial charge in [0.15, 0.2) is 0 Å². The Balaban J connectivity index is 2.63. The molecule has 0 aliphatic heterocycles. The van der Waals surface area contributed by atoms with Crippen molar-refractivity contribution in [3.05, 3.63) is 30.3 Å². The fraction of sp³-hybridized carbons (Fsp3) is 0.333. The van der Waals surface area contributed by atoms with E-state index in [2.05, 4.69) is 12.1 Å². The van der Waals surface area contributed by atoms with E-state index in [4.69, 9.17) is 12.7 Å². The molecular formula is C9H18O3Si3. The van der Waals surface area contributed by atoms with Crippen molar-refractivity contribution < 1.29 is 12.7 Å². The Morgan fingerprint density at radius 2 is 1.93 bits per heavy atom. The van der Waals surface area contributed by atoms with Gasteiger partial charge in [0.2, 0.25) is 0 Å². The van der Waals surface area contributed by atoms with E-state index >= 15 is 0 Å². The zero-order valence-corrected chi connectivity index (χ0v) is 14.0. The second kappa shape index (κ2) is 7.10. The molecule has 84 valence electrons. The Morgan fingerprint density at radius 1 is 1.27 bits per heavy atom. The van der Waals surface area contributed by atoms with E-state index in [0.29, 0.717) is 0 Å². The Labute approximate surface area is 98.2 Å². The topological polar surface area (TPSA) is 27.7 Å². The van der Waals surface area contributed by atoms with Crippen LogP contribution in [0.15, 0.2) is 30.3 Å². The standard InChI is InChI=1S/C9H18O3Si3/c1-8(2)10-15(12-14-11-13)9-6-4-3-5-7-9/h3-8,15H,14H2,1-2,13H3. The Hall–Kier alpha value is -0.249. The van der Waals surface area contributed by atoms with Crippen molar-refractivity contribution in [3.8, 4) is 0 Å². The Kier molecular flexibility index (Phi) is 6.06. The Morgan fingerprint density at radius 3 is 2.47 bits per heavy atom. The summed E-state index contributed by atoms with van der Waals surface area (Å²) >= 11 is 0. The minimum atomic E-state index is -1.71. The average Bonchev–Trinajstić information content (AvgIpc) is 2.25. The largest absolute Gasteiger partial charge is 0.449 e. The molecule has 0 bridgehead atoms. The third-order valence-electron chi connectivity index (χ3n) is 1.80. The molecule has 0 aromatic heterocycles. The third kappa shape index (κ3) is 4.87. The van der Waals surface area contributed by atoms with Crippen LogP contribution in [0.2, 0.25) is 0 Å². The van der Waals surface area contributed by atoms with Gasteiger partial charge in [-0.2, -0.15) is 0 Å². The van der Waals surface area contributed by atoms with Gasteiger partial charge in [0.05, 0.1) is 0 Å². The first-order chi connectivity index (χ1) is 7.24. The SMILES string of the molecule is CC(C)O[SiH](O[SiH2]O[SiH3])c1ccccc1. The van der Waals surface area contributed by atoms with E-state index in [-0.39, 0.29) is 6.10 Å². The summed E-state index contributed by atoms with van der Waals surface area (Å²) in [6, 6.07) is 10.2. The normalized spacial score (nSPS) is 14.1. The highest BCUT2D eigenvalue weighted by Gasteiger charge is 2.17. The van der Waals surface area contributed by atoms with Gasteiger partial charge in [-0.3, -0.25) is 0 Å². The van der Waals surface area contributed by atoms with Gasteiger partial charge in [-0.25, -0.2) is 0 Å². The molecule has 0 aliphatic rings. The van der Waals surface area contributed by atoms with E-state index in [0.717, 1.165) is 10.5 Å². The van der Waals surface area contributed by atoms with Crippen molar-refractivity contribution >= 4 is 35.0 Å². The quantitative estimate of drug-likeness (QED) is 0.603. The second-order valence-electron chi connectivity index (χ2n) is 3.50. The summed E-state index contributed by atoms with van der Waals surface area (Å²) in [5.74, 6) is 0. The summed E-state index contributed by atoms with van der Waals surface area (Å²) in [5.41, 5.74) is 0. The van der Waals surface area contributed by atoms with Crippen molar-refractivity contribution in [3.63, 3.8) is 0 Å². The van der Waals surface area contributed by atoms with E-state index in [9.17, 15) is 0 Å². The minimum Gasteiger partial charge on any atom is -0.449 e. The molecule has 6 heteroatoms. The van der Waals surface area contributed by atoms with Gasteiger partial charge in [-0.05, 0) is 19.0 Å². The summed E-state index contributed by atoms with van der Waals surface area (Å²) in [6.45, 7) is 4.07. The molecule has 1 aromatic rings. The van der Waals surface area contributed by atoms with Crippen molar-refractivity contribution in [2.45, 2.75) is 20.0 Å². The van der Waals surface area contributed by atoms with Crippen LogP contribution in [0.1, 0.15) is 13.8 Å². The average molecular weight is 258 g/mol. The number of rotatable bonds is 6. The predicted molar refractivity (Wildman–Crippen MR) is 70.1 cm³/mol.